The highest BCUT2D eigenvalue weighted by Gasteiger charge is 2.29. The van der Waals surface area contributed by atoms with Gasteiger partial charge in [-0.3, -0.25) is 9.59 Å². The molecule has 1 unspecified atom stereocenters. The Morgan fingerprint density at radius 2 is 2.17 bits per heavy atom. The topological polar surface area (TPSA) is 67.2 Å². The first-order valence-corrected chi connectivity index (χ1v) is 8.61. The second-order valence-electron chi connectivity index (χ2n) is 6.48. The van der Waals surface area contributed by atoms with Gasteiger partial charge in [0, 0.05) is 25.7 Å². The summed E-state index contributed by atoms with van der Waals surface area (Å²) < 4.78 is 1.97. The Labute approximate surface area is 138 Å². The average molecular weight is 320 g/mol. The summed E-state index contributed by atoms with van der Waals surface area (Å²) in [7, 11) is 0. The number of imidazole rings is 1. The minimum Gasteiger partial charge on any atom is -0.354 e. The van der Waals surface area contributed by atoms with E-state index in [1.54, 1.807) is 6.33 Å². The molecule has 0 bridgehead atoms. The molecular formula is C17H28N4O2. The fourth-order valence-corrected chi connectivity index (χ4v) is 3.08. The molecule has 0 saturated heterocycles. The second-order valence-corrected chi connectivity index (χ2v) is 6.48. The van der Waals surface area contributed by atoms with Gasteiger partial charge in [0.25, 0.3) is 5.91 Å². The van der Waals surface area contributed by atoms with Crippen molar-refractivity contribution in [1.82, 2.24) is 19.8 Å². The Hall–Kier alpha value is -1.85. The van der Waals surface area contributed by atoms with Gasteiger partial charge in [0.1, 0.15) is 5.69 Å². The summed E-state index contributed by atoms with van der Waals surface area (Å²) in [6, 6.07) is 0.149. The molecule has 2 heterocycles. The Kier molecular flexibility index (Phi) is 5.80. The quantitative estimate of drug-likeness (QED) is 0.870. The Bertz CT molecular complexity index is 565. The smallest absolute Gasteiger partial charge is 0.274 e. The molecule has 0 saturated carbocycles. The lowest BCUT2D eigenvalue weighted by Gasteiger charge is -2.25. The van der Waals surface area contributed by atoms with E-state index in [9.17, 15) is 9.59 Å². The van der Waals surface area contributed by atoms with Gasteiger partial charge in [-0.25, -0.2) is 4.98 Å². The number of nitrogens with one attached hydrogen (secondary N) is 1. The maximum Gasteiger partial charge on any atom is 0.274 e. The number of aromatic nitrogens is 2. The maximum atomic E-state index is 12.6. The minimum absolute atomic E-state index is 0.00758. The molecule has 1 aliphatic heterocycles. The fraction of sp³-hybridized carbons (Fsp3) is 0.706. The van der Waals surface area contributed by atoms with Crippen molar-refractivity contribution >= 4 is 11.8 Å². The number of hydrogen-bond donors (Lipinski definition) is 1. The lowest BCUT2D eigenvalue weighted by atomic mass is 9.95. The van der Waals surface area contributed by atoms with Gasteiger partial charge in [-0.15, -0.1) is 0 Å². The molecule has 0 radical (unpaired) electrons. The SMILES string of the molecule is CCCN(CC)C(=O)c1ncn2c1CCC(C(=O)NC(C)C)C2. The molecule has 0 aromatic carbocycles. The minimum atomic E-state index is -0.0417. The van der Waals surface area contributed by atoms with Gasteiger partial charge in [-0.05, 0) is 40.0 Å². The van der Waals surface area contributed by atoms with Crippen LogP contribution in [0.15, 0.2) is 6.33 Å². The van der Waals surface area contributed by atoms with E-state index in [0.717, 1.165) is 31.5 Å². The number of rotatable bonds is 6. The predicted octanol–water partition coefficient (Wildman–Crippen LogP) is 1.84. The Morgan fingerprint density at radius 3 is 2.78 bits per heavy atom. The zero-order valence-electron chi connectivity index (χ0n) is 14.6. The van der Waals surface area contributed by atoms with Gasteiger partial charge in [-0.2, -0.15) is 0 Å². The molecule has 1 aromatic rings. The van der Waals surface area contributed by atoms with Gasteiger partial charge in [0.2, 0.25) is 5.91 Å². The fourth-order valence-electron chi connectivity index (χ4n) is 3.08. The van der Waals surface area contributed by atoms with Crippen molar-refractivity contribution in [2.75, 3.05) is 13.1 Å². The molecule has 23 heavy (non-hydrogen) atoms. The van der Waals surface area contributed by atoms with Crippen molar-refractivity contribution in [2.45, 2.75) is 59.5 Å². The van der Waals surface area contributed by atoms with E-state index in [1.807, 2.05) is 30.2 Å². The van der Waals surface area contributed by atoms with E-state index in [0.29, 0.717) is 18.8 Å². The Balaban J connectivity index is 2.12. The standard InChI is InChI=1S/C17H28N4O2/c1-5-9-20(6-2)17(23)15-14-8-7-13(10-21(14)11-18-15)16(22)19-12(3)4/h11-13H,5-10H2,1-4H3,(H,19,22). The van der Waals surface area contributed by atoms with Crippen molar-refractivity contribution in [1.29, 1.82) is 0 Å². The van der Waals surface area contributed by atoms with E-state index in [4.69, 9.17) is 0 Å². The lowest BCUT2D eigenvalue weighted by Crippen LogP contribution is -2.39. The predicted molar refractivity (Wildman–Crippen MR) is 89.2 cm³/mol. The summed E-state index contributed by atoms with van der Waals surface area (Å²) in [5, 5.41) is 2.97. The van der Waals surface area contributed by atoms with Crippen molar-refractivity contribution in [3.8, 4) is 0 Å². The van der Waals surface area contributed by atoms with Gasteiger partial charge in [-0.1, -0.05) is 6.92 Å². The summed E-state index contributed by atoms with van der Waals surface area (Å²) in [5.74, 6) is 0.0570. The normalized spacial score (nSPS) is 17.0. The molecule has 0 aliphatic carbocycles. The van der Waals surface area contributed by atoms with E-state index in [2.05, 4.69) is 17.2 Å². The summed E-state index contributed by atoms with van der Waals surface area (Å²) in [6.45, 7) is 10.0. The van der Waals surface area contributed by atoms with Crippen molar-refractivity contribution in [3.05, 3.63) is 17.7 Å². The molecular weight excluding hydrogens is 292 g/mol. The van der Waals surface area contributed by atoms with E-state index < -0.39 is 0 Å². The molecule has 128 valence electrons. The molecule has 0 fully saturated rings. The van der Waals surface area contributed by atoms with E-state index in [-0.39, 0.29) is 23.8 Å². The van der Waals surface area contributed by atoms with Crippen LogP contribution in [-0.2, 0) is 17.8 Å². The van der Waals surface area contributed by atoms with Crippen LogP contribution in [0.1, 0.15) is 56.7 Å². The van der Waals surface area contributed by atoms with Crippen LogP contribution >= 0.6 is 0 Å². The molecule has 6 heteroatoms. The number of nitrogens with zero attached hydrogens (tertiary/aromatic N) is 3. The highest BCUT2D eigenvalue weighted by Crippen LogP contribution is 2.23. The largest absolute Gasteiger partial charge is 0.354 e. The first-order chi connectivity index (χ1) is 11.0. The summed E-state index contributed by atoms with van der Waals surface area (Å²) in [4.78, 5) is 31.0. The van der Waals surface area contributed by atoms with Gasteiger partial charge >= 0.3 is 0 Å². The average Bonchev–Trinajstić information content (AvgIpc) is 2.94. The first kappa shape index (κ1) is 17.5. The van der Waals surface area contributed by atoms with Crippen LogP contribution in [0, 0.1) is 5.92 Å². The molecule has 6 nitrogen and oxygen atoms in total. The third-order valence-corrected chi connectivity index (χ3v) is 4.26. The van der Waals surface area contributed by atoms with Crippen LogP contribution in [0.3, 0.4) is 0 Å². The van der Waals surface area contributed by atoms with Crippen molar-refractivity contribution < 1.29 is 9.59 Å². The summed E-state index contributed by atoms with van der Waals surface area (Å²) in [6.07, 6.45) is 4.13. The van der Waals surface area contributed by atoms with Crippen LogP contribution < -0.4 is 5.32 Å². The van der Waals surface area contributed by atoms with Crippen LogP contribution in [-0.4, -0.2) is 45.4 Å². The molecule has 2 rings (SSSR count). The third-order valence-electron chi connectivity index (χ3n) is 4.26. The van der Waals surface area contributed by atoms with Crippen LogP contribution in [0.2, 0.25) is 0 Å². The summed E-state index contributed by atoms with van der Waals surface area (Å²) >= 11 is 0. The Morgan fingerprint density at radius 1 is 1.43 bits per heavy atom. The highest BCUT2D eigenvalue weighted by molar-refractivity contribution is 5.93. The van der Waals surface area contributed by atoms with Crippen LogP contribution in [0.5, 0.6) is 0 Å². The highest BCUT2D eigenvalue weighted by atomic mass is 16.2. The van der Waals surface area contributed by atoms with Crippen molar-refractivity contribution in [2.24, 2.45) is 5.92 Å². The summed E-state index contributed by atoms with van der Waals surface area (Å²) in [5.41, 5.74) is 1.53. The van der Waals surface area contributed by atoms with Gasteiger partial charge < -0.3 is 14.8 Å². The van der Waals surface area contributed by atoms with Crippen molar-refractivity contribution in [3.63, 3.8) is 0 Å². The van der Waals surface area contributed by atoms with Gasteiger partial charge in [0.15, 0.2) is 0 Å². The number of fused-ring (bicyclic) bond motifs is 1. The molecule has 2 amide bonds. The number of carbonyl (C=O) groups is 2. The monoisotopic (exact) mass is 320 g/mol. The number of carbonyl (C=O) groups excluding carboxylic acids is 2. The molecule has 1 atom stereocenters. The first-order valence-electron chi connectivity index (χ1n) is 8.61. The van der Waals surface area contributed by atoms with Crippen LogP contribution in [0.4, 0.5) is 0 Å². The second kappa shape index (κ2) is 7.62. The number of amides is 2. The van der Waals surface area contributed by atoms with E-state index >= 15 is 0 Å². The lowest BCUT2D eigenvalue weighted by molar-refractivity contribution is -0.126. The zero-order valence-corrected chi connectivity index (χ0v) is 14.6. The van der Waals surface area contributed by atoms with Crippen LogP contribution in [0.25, 0.3) is 0 Å². The zero-order chi connectivity index (χ0) is 17.0. The molecule has 1 N–H and O–H groups in total. The van der Waals surface area contributed by atoms with Gasteiger partial charge in [0.05, 0.1) is 17.9 Å². The molecule has 0 spiro atoms. The molecule has 1 aromatic heterocycles. The van der Waals surface area contributed by atoms with E-state index in [1.165, 1.54) is 0 Å². The number of hydrogen-bond acceptors (Lipinski definition) is 3. The maximum absolute atomic E-state index is 12.6. The molecule has 1 aliphatic rings. The third kappa shape index (κ3) is 3.92.